The molecule has 0 amide bonds. The van der Waals surface area contributed by atoms with Crippen LogP contribution in [0.15, 0.2) is 58.7 Å². The molecule has 0 aromatic heterocycles. The highest BCUT2D eigenvalue weighted by molar-refractivity contribution is 6.06. The second-order valence-corrected chi connectivity index (χ2v) is 8.16. The average molecular weight is 525 g/mol. The van der Waals surface area contributed by atoms with E-state index in [9.17, 15) is 22.4 Å². The van der Waals surface area contributed by atoms with Gasteiger partial charge in [0.25, 0.3) is 0 Å². The topological polar surface area (TPSA) is 60.4 Å². The van der Waals surface area contributed by atoms with E-state index in [1.807, 2.05) is 38.1 Å². The van der Waals surface area contributed by atoms with E-state index in [-0.39, 0.29) is 42.2 Å². The molecule has 0 saturated carbocycles. The van der Waals surface area contributed by atoms with Crippen LogP contribution in [-0.2, 0) is 20.9 Å². The number of halogens is 4. The van der Waals surface area contributed by atoms with Crippen LogP contribution in [0.4, 0.5) is 23.2 Å². The number of hydrogen-bond acceptors (Lipinski definition) is 6. The molecule has 2 aliphatic heterocycles. The van der Waals surface area contributed by atoms with Crippen molar-refractivity contribution in [1.82, 2.24) is 0 Å². The maximum atomic E-state index is 13.6. The number of aryl methyl sites for hydroxylation is 1. The number of aliphatic imine (C=N–C) groups is 1. The fourth-order valence-electron chi connectivity index (χ4n) is 3.71. The average Bonchev–Trinajstić information content (AvgIpc) is 3.01. The number of alkyl halides is 3. The Kier molecular flexibility index (Phi) is 11.3. The smallest absolute Gasteiger partial charge is 0.431 e. The Morgan fingerprint density at radius 2 is 1.84 bits per heavy atom. The monoisotopic (exact) mass is 524 g/mol. The molecule has 37 heavy (non-hydrogen) atoms. The first kappa shape index (κ1) is 30.0. The molecule has 0 unspecified atom stereocenters. The van der Waals surface area contributed by atoms with E-state index in [0.29, 0.717) is 6.29 Å². The van der Waals surface area contributed by atoms with Crippen LogP contribution < -0.4 is 9.64 Å². The summed E-state index contributed by atoms with van der Waals surface area (Å²) in [6.45, 7) is 5.92. The van der Waals surface area contributed by atoms with Gasteiger partial charge < -0.3 is 19.0 Å². The van der Waals surface area contributed by atoms with Crippen LogP contribution in [0, 0.1) is 12.7 Å². The molecule has 0 N–H and O–H groups in total. The zero-order valence-corrected chi connectivity index (χ0v) is 21.6. The molecule has 6 nitrogen and oxygen atoms in total. The molecule has 0 bridgehead atoms. The largest absolute Gasteiger partial charge is 0.496 e. The maximum Gasteiger partial charge on any atom is 0.431 e. The number of carbonyl (C=O) groups excluding carboxylic acids is 1. The van der Waals surface area contributed by atoms with E-state index in [1.165, 1.54) is 18.6 Å². The minimum atomic E-state index is -4.62. The summed E-state index contributed by atoms with van der Waals surface area (Å²) in [7, 11) is 3.36. The van der Waals surface area contributed by atoms with Gasteiger partial charge in [0.05, 0.1) is 25.9 Å². The number of hydrogen-bond donors (Lipinski definition) is 0. The zero-order chi connectivity index (χ0) is 27.6. The normalized spacial score (nSPS) is 16.6. The first-order valence-electron chi connectivity index (χ1n) is 11.6. The number of fused-ring (bicyclic) bond motifs is 3. The van der Waals surface area contributed by atoms with Crippen molar-refractivity contribution in [2.24, 2.45) is 4.99 Å². The second-order valence-electron chi connectivity index (χ2n) is 8.16. The molecule has 0 fully saturated rings. The highest BCUT2D eigenvalue weighted by Crippen LogP contribution is 2.40. The van der Waals surface area contributed by atoms with Crippen LogP contribution in [0.5, 0.6) is 5.75 Å². The fraction of sp³-hybridized carbons (Fsp3) is 0.407. The lowest BCUT2D eigenvalue weighted by Gasteiger charge is -2.35. The minimum absolute atomic E-state index is 0.0189. The van der Waals surface area contributed by atoms with Gasteiger partial charge in [-0.05, 0) is 56.2 Å². The third-order valence-electron chi connectivity index (χ3n) is 5.53. The Labute approximate surface area is 214 Å². The molecular formula is C27H32F4N2O4. The van der Waals surface area contributed by atoms with Crippen LogP contribution in [0.25, 0.3) is 0 Å². The number of carbonyl (C=O) groups is 1. The number of aldehydes is 1. The van der Waals surface area contributed by atoms with Crippen molar-refractivity contribution in [3.8, 4) is 5.75 Å². The lowest BCUT2D eigenvalue weighted by molar-refractivity contribution is -0.109. The summed E-state index contributed by atoms with van der Waals surface area (Å²) in [6, 6.07) is 11.4. The van der Waals surface area contributed by atoms with Crippen LogP contribution in [0.1, 0.15) is 31.4 Å². The maximum absolute atomic E-state index is 13.6. The predicted octanol–water partition coefficient (Wildman–Crippen LogP) is 6.02. The SMILES string of the molecule is CC1=C(C(F)(F)F)N2C(=NC1)[C@H](CC=O)OCc1cc(F)ccc12.CCOC.COc1ccccc1C. The number of benzene rings is 2. The summed E-state index contributed by atoms with van der Waals surface area (Å²) in [5, 5.41) is 0. The predicted molar refractivity (Wildman–Crippen MR) is 134 cm³/mol. The third-order valence-corrected chi connectivity index (χ3v) is 5.53. The summed E-state index contributed by atoms with van der Waals surface area (Å²) < 4.78 is 69.6. The number of nitrogens with zero attached hydrogens (tertiary/aromatic N) is 2. The lowest BCUT2D eigenvalue weighted by Crippen LogP contribution is -2.46. The summed E-state index contributed by atoms with van der Waals surface area (Å²) in [6.07, 6.45) is -5.09. The van der Waals surface area contributed by atoms with Gasteiger partial charge in [0.15, 0.2) is 0 Å². The molecule has 1 atom stereocenters. The number of allylic oxidation sites excluding steroid dienone is 1. The second kappa shape index (κ2) is 13.9. The first-order valence-corrected chi connectivity index (χ1v) is 11.6. The van der Waals surface area contributed by atoms with E-state index in [1.54, 1.807) is 14.2 Å². The molecule has 4 rings (SSSR count). The van der Waals surface area contributed by atoms with Gasteiger partial charge in [-0.1, -0.05) is 18.2 Å². The summed E-state index contributed by atoms with van der Waals surface area (Å²) in [4.78, 5) is 16.0. The quantitative estimate of drug-likeness (QED) is 0.361. The van der Waals surface area contributed by atoms with Crippen molar-refractivity contribution in [3.05, 3.63) is 70.7 Å². The number of rotatable bonds is 4. The van der Waals surface area contributed by atoms with Gasteiger partial charge in [-0.15, -0.1) is 0 Å². The van der Waals surface area contributed by atoms with E-state index in [4.69, 9.17) is 9.47 Å². The van der Waals surface area contributed by atoms with Gasteiger partial charge >= 0.3 is 6.18 Å². The summed E-state index contributed by atoms with van der Waals surface area (Å²) >= 11 is 0. The number of ether oxygens (including phenoxy) is 3. The number of methoxy groups -OCH3 is 2. The van der Waals surface area contributed by atoms with Gasteiger partial charge in [0.1, 0.15) is 35.5 Å². The third kappa shape index (κ3) is 7.87. The lowest BCUT2D eigenvalue weighted by atomic mass is 10.1. The number of para-hydroxylation sites is 1. The first-order chi connectivity index (χ1) is 17.6. The van der Waals surface area contributed by atoms with Crippen molar-refractivity contribution >= 4 is 17.8 Å². The molecule has 0 saturated heterocycles. The van der Waals surface area contributed by atoms with Crippen molar-refractivity contribution in [2.45, 2.75) is 46.1 Å². The van der Waals surface area contributed by atoms with Crippen molar-refractivity contribution < 1.29 is 36.6 Å². The van der Waals surface area contributed by atoms with E-state index >= 15 is 0 Å². The number of amidine groups is 1. The van der Waals surface area contributed by atoms with Crippen molar-refractivity contribution in [1.29, 1.82) is 0 Å². The molecule has 0 aliphatic carbocycles. The Morgan fingerprint density at radius 1 is 1.16 bits per heavy atom. The zero-order valence-electron chi connectivity index (χ0n) is 21.6. The van der Waals surface area contributed by atoms with Gasteiger partial charge in [-0.2, -0.15) is 13.2 Å². The van der Waals surface area contributed by atoms with Crippen LogP contribution >= 0.6 is 0 Å². The van der Waals surface area contributed by atoms with E-state index in [2.05, 4.69) is 9.73 Å². The van der Waals surface area contributed by atoms with Crippen LogP contribution in [-0.4, -0.2) is 51.8 Å². The molecular weight excluding hydrogens is 492 g/mol. The fourth-order valence-corrected chi connectivity index (χ4v) is 3.71. The molecule has 10 heteroatoms. The molecule has 2 aromatic rings. The highest BCUT2D eigenvalue weighted by atomic mass is 19.4. The summed E-state index contributed by atoms with van der Waals surface area (Å²) in [5.74, 6) is 0.402. The van der Waals surface area contributed by atoms with Crippen molar-refractivity contribution in [3.63, 3.8) is 0 Å². The number of anilines is 1. The van der Waals surface area contributed by atoms with Gasteiger partial charge in [-0.3, -0.25) is 9.89 Å². The Balaban J connectivity index is 0.000000306. The molecule has 2 heterocycles. The van der Waals surface area contributed by atoms with Crippen LogP contribution in [0.2, 0.25) is 0 Å². The highest BCUT2D eigenvalue weighted by Gasteiger charge is 2.46. The molecule has 202 valence electrons. The molecule has 0 spiro atoms. The van der Waals surface area contributed by atoms with Gasteiger partial charge in [0.2, 0.25) is 0 Å². The standard InChI is InChI=1S/C16H14F4N2O2.C8H10O.C3H8O/c1-9-7-21-15-13(4-5-23)24-8-10-6-11(17)2-3-12(10)22(15)14(9)16(18,19)20;1-7-5-3-4-6-8(7)9-2;1-3-4-2/h2-3,5-6,13H,4,7-8H2,1H3;3-6H,1-2H3;3H2,1-2H3/t13-;;/m0../s1. The minimum Gasteiger partial charge on any atom is -0.496 e. The summed E-state index contributed by atoms with van der Waals surface area (Å²) in [5.41, 5.74) is 0.803. The van der Waals surface area contributed by atoms with Gasteiger partial charge in [0, 0.05) is 25.7 Å². The molecule has 2 aromatic carbocycles. The van der Waals surface area contributed by atoms with Gasteiger partial charge in [-0.25, -0.2) is 4.39 Å². The Hall–Kier alpha value is -3.24. The van der Waals surface area contributed by atoms with E-state index in [0.717, 1.165) is 29.4 Å². The Morgan fingerprint density at radius 3 is 2.38 bits per heavy atom. The van der Waals surface area contributed by atoms with Crippen LogP contribution in [0.3, 0.4) is 0 Å². The van der Waals surface area contributed by atoms with Crippen molar-refractivity contribution in [2.75, 3.05) is 32.3 Å². The molecule has 0 radical (unpaired) electrons. The Bertz CT molecular complexity index is 1110. The molecule has 2 aliphatic rings. The van der Waals surface area contributed by atoms with E-state index < -0.39 is 23.8 Å².